The number of hydrogen-bond acceptors (Lipinski definition) is 1. The number of nitrogens with one attached hydrogen (secondary N) is 1. The Hall–Kier alpha value is -0.510. The molecule has 2 atom stereocenters. The van der Waals surface area contributed by atoms with Gasteiger partial charge < -0.3 is 5.32 Å². The van der Waals surface area contributed by atoms with E-state index in [-0.39, 0.29) is 12.5 Å². The highest BCUT2D eigenvalue weighted by atomic mass is 19.4. The van der Waals surface area contributed by atoms with Crippen LogP contribution in [0.3, 0.4) is 0 Å². The van der Waals surface area contributed by atoms with Crippen molar-refractivity contribution in [3.63, 3.8) is 0 Å². The van der Waals surface area contributed by atoms with Gasteiger partial charge in [-0.3, -0.25) is 0 Å². The molecule has 0 aliphatic heterocycles. The smallest absolute Gasteiger partial charge is 0.313 e. The zero-order valence-corrected chi connectivity index (χ0v) is 11.0. The molecule has 102 valence electrons. The van der Waals surface area contributed by atoms with Crippen molar-refractivity contribution >= 4 is 0 Å². The second kappa shape index (κ2) is 8.56. The van der Waals surface area contributed by atoms with Crippen molar-refractivity contribution in [2.75, 3.05) is 6.54 Å². The maximum atomic E-state index is 12.0. The number of halogens is 3. The lowest BCUT2D eigenvalue weighted by Gasteiger charge is -2.22. The highest BCUT2D eigenvalue weighted by Gasteiger charge is 2.26. The molecule has 2 unspecified atom stereocenters. The van der Waals surface area contributed by atoms with Crippen molar-refractivity contribution in [2.45, 2.75) is 58.7 Å². The predicted molar refractivity (Wildman–Crippen MR) is 66.0 cm³/mol. The summed E-state index contributed by atoms with van der Waals surface area (Å²) in [7, 11) is 0. The molecule has 0 saturated heterocycles. The van der Waals surface area contributed by atoms with Crippen LogP contribution in [0.4, 0.5) is 13.2 Å². The quantitative estimate of drug-likeness (QED) is 0.501. The molecule has 0 rings (SSSR count). The highest BCUT2D eigenvalue weighted by Crippen LogP contribution is 2.21. The van der Waals surface area contributed by atoms with E-state index in [2.05, 4.69) is 25.2 Å². The number of allylic oxidation sites excluding steroid dienone is 1. The van der Waals surface area contributed by atoms with Gasteiger partial charge in [0.2, 0.25) is 0 Å². The van der Waals surface area contributed by atoms with Crippen molar-refractivity contribution in [3.05, 3.63) is 12.2 Å². The van der Waals surface area contributed by atoms with E-state index >= 15 is 0 Å². The second-order valence-electron chi connectivity index (χ2n) is 4.45. The van der Waals surface area contributed by atoms with Gasteiger partial charge in [-0.15, -0.1) is 0 Å². The van der Waals surface area contributed by atoms with E-state index in [9.17, 15) is 13.2 Å². The van der Waals surface area contributed by atoms with Crippen molar-refractivity contribution in [1.82, 2.24) is 5.32 Å². The molecule has 17 heavy (non-hydrogen) atoms. The summed E-state index contributed by atoms with van der Waals surface area (Å²) >= 11 is 0. The lowest BCUT2D eigenvalue weighted by atomic mass is 9.97. The Morgan fingerprint density at radius 3 is 2.41 bits per heavy atom. The van der Waals surface area contributed by atoms with Crippen LogP contribution in [0.1, 0.15) is 46.5 Å². The minimum absolute atomic E-state index is 0.159. The third-order valence-corrected chi connectivity index (χ3v) is 2.77. The lowest BCUT2D eigenvalue weighted by Crippen LogP contribution is -2.35. The zero-order chi connectivity index (χ0) is 13.3. The third kappa shape index (κ3) is 9.22. The van der Waals surface area contributed by atoms with Crippen molar-refractivity contribution in [1.29, 1.82) is 0 Å². The van der Waals surface area contributed by atoms with Crippen LogP contribution in [0.5, 0.6) is 0 Å². The maximum absolute atomic E-state index is 12.0. The minimum atomic E-state index is -4.03. The van der Waals surface area contributed by atoms with Gasteiger partial charge in [0.05, 0.1) is 0 Å². The highest BCUT2D eigenvalue weighted by molar-refractivity contribution is 4.90. The average Bonchev–Trinajstić information content (AvgIpc) is 2.21. The zero-order valence-electron chi connectivity index (χ0n) is 11.0. The maximum Gasteiger partial charge on any atom is 0.389 e. The molecule has 0 heterocycles. The normalized spacial score (nSPS) is 16.4. The fraction of sp³-hybridized carbons (Fsp3) is 0.846. The first-order valence-electron chi connectivity index (χ1n) is 6.33. The molecule has 0 radical (unpaired) electrons. The summed E-state index contributed by atoms with van der Waals surface area (Å²) in [6.07, 6.45) is 1.55. The average molecular weight is 251 g/mol. The molecular formula is C13H24F3N. The Morgan fingerprint density at radius 2 is 1.94 bits per heavy atom. The number of hydrogen-bond donors (Lipinski definition) is 1. The van der Waals surface area contributed by atoms with E-state index in [1.807, 2.05) is 13.0 Å². The van der Waals surface area contributed by atoms with Crippen molar-refractivity contribution < 1.29 is 13.2 Å². The van der Waals surface area contributed by atoms with Crippen LogP contribution in [-0.2, 0) is 0 Å². The SMILES string of the molecule is C/C=C\C(C)C(CCC)NCCCC(F)(F)F. The van der Waals surface area contributed by atoms with Crippen molar-refractivity contribution in [2.24, 2.45) is 5.92 Å². The van der Waals surface area contributed by atoms with Gasteiger partial charge >= 0.3 is 6.18 Å². The van der Waals surface area contributed by atoms with E-state index in [0.29, 0.717) is 12.5 Å². The van der Waals surface area contributed by atoms with Gasteiger partial charge in [0.25, 0.3) is 0 Å². The summed E-state index contributed by atoms with van der Waals surface area (Å²) in [4.78, 5) is 0. The van der Waals surface area contributed by atoms with Crippen LogP contribution in [0.2, 0.25) is 0 Å². The van der Waals surface area contributed by atoms with E-state index in [4.69, 9.17) is 0 Å². The fourth-order valence-corrected chi connectivity index (χ4v) is 1.88. The topological polar surface area (TPSA) is 12.0 Å². The number of rotatable bonds is 8. The molecular weight excluding hydrogens is 227 g/mol. The first-order valence-corrected chi connectivity index (χ1v) is 6.33. The summed E-state index contributed by atoms with van der Waals surface area (Å²) in [5.41, 5.74) is 0. The Labute approximate surface area is 102 Å². The summed E-state index contributed by atoms with van der Waals surface area (Å²) in [6, 6.07) is 0.282. The standard InChI is InChI=1S/C13H24F3N/c1-4-7-11(3)12(8-5-2)17-10-6-9-13(14,15)16/h4,7,11-12,17H,5-6,8-10H2,1-3H3/b7-4-. The molecule has 1 N–H and O–H groups in total. The molecule has 0 bridgehead atoms. The Morgan fingerprint density at radius 1 is 1.29 bits per heavy atom. The van der Waals surface area contributed by atoms with E-state index in [1.165, 1.54) is 0 Å². The minimum Gasteiger partial charge on any atom is -0.313 e. The van der Waals surface area contributed by atoms with Gasteiger partial charge in [0.15, 0.2) is 0 Å². The van der Waals surface area contributed by atoms with E-state index < -0.39 is 12.6 Å². The summed E-state index contributed by atoms with van der Waals surface area (Å²) < 4.78 is 35.9. The molecule has 0 saturated carbocycles. The first kappa shape index (κ1) is 16.5. The second-order valence-corrected chi connectivity index (χ2v) is 4.45. The van der Waals surface area contributed by atoms with Crippen LogP contribution in [0.15, 0.2) is 12.2 Å². The fourth-order valence-electron chi connectivity index (χ4n) is 1.88. The number of alkyl halides is 3. The molecule has 0 aliphatic carbocycles. The molecule has 0 aliphatic rings. The van der Waals surface area contributed by atoms with Gasteiger partial charge in [0, 0.05) is 12.5 Å². The summed E-state index contributed by atoms with van der Waals surface area (Å²) in [5, 5.41) is 3.23. The van der Waals surface area contributed by atoms with Crippen LogP contribution in [-0.4, -0.2) is 18.8 Å². The molecule has 0 fully saturated rings. The Kier molecular flexibility index (Phi) is 8.30. The van der Waals surface area contributed by atoms with Gasteiger partial charge in [0.1, 0.15) is 0 Å². The predicted octanol–water partition coefficient (Wildman–Crippen LogP) is 4.30. The largest absolute Gasteiger partial charge is 0.389 e. The monoisotopic (exact) mass is 251 g/mol. The summed E-state index contributed by atoms with van der Waals surface area (Å²) in [6.45, 7) is 6.58. The molecule has 0 aromatic rings. The van der Waals surface area contributed by atoms with Crippen LogP contribution >= 0.6 is 0 Å². The van der Waals surface area contributed by atoms with Crippen LogP contribution < -0.4 is 5.32 Å². The molecule has 0 aromatic carbocycles. The lowest BCUT2D eigenvalue weighted by molar-refractivity contribution is -0.135. The molecule has 1 nitrogen and oxygen atoms in total. The van der Waals surface area contributed by atoms with Gasteiger partial charge in [-0.25, -0.2) is 0 Å². The van der Waals surface area contributed by atoms with E-state index in [0.717, 1.165) is 12.8 Å². The van der Waals surface area contributed by atoms with Gasteiger partial charge in [-0.1, -0.05) is 32.4 Å². The van der Waals surface area contributed by atoms with Crippen molar-refractivity contribution in [3.8, 4) is 0 Å². The van der Waals surface area contributed by atoms with Crippen LogP contribution in [0, 0.1) is 5.92 Å². The molecule has 0 aromatic heterocycles. The third-order valence-electron chi connectivity index (χ3n) is 2.77. The van der Waals surface area contributed by atoms with Gasteiger partial charge in [-0.05, 0) is 32.2 Å². The van der Waals surface area contributed by atoms with Gasteiger partial charge in [-0.2, -0.15) is 13.2 Å². The summed E-state index contributed by atoms with van der Waals surface area (Å²) in [5.74, 6) is 0.367. The Balaban J connectivity index is 3.93. The van der Waals surface area contributed by atoms with E-state index in [1.54, 1.807) is 0 Å². The molecule has 4 heteroatoms. The molecule has 0 amide bonds. The molecule has 0 spiro atoms. The Bertz CT molecular complexity index is 211. The first-order chi connectivity index (χ1) is 7.90. The van der Waals surface area contributed by atoms with Crippen LogP contribution in [0.25, 0.3) is 0 Å².